The minimum atomic E-state index is -0.573. The summed E-state index contributed by atoms with van der Waals surface area (Å²) in [5.41, 5.74) is -0.635. The molecule has 5 fully saturated rings. The number of likely N-dealkylation sites (N-methyl/N-ethyl adjacent to an activating group) is 1. The molecule has 4 heteroatoms. The molecule has 4 atom stereocenters. The van der Waals surface area contributed by atoms with Gasteiger partial charge in [-0.2, -0.15) is 0 Å². The van der Waals surface area contributed by atoms with Gasteiger partial charge in [-0.15, -0.1) is 0 Å². The fraction of sp³-hybridized carbons (Fsp3) is 0.955. The van der Waals surface area contributed by atoms with Crippen molar-refractivity contribution >= 4 is 5.91 Å². The third kappa shape index (κ3) is 3.32. The van der Waals surface area contributed by atoms with Gasteiger partial charge in [-0.3, -0.25) is 4.79 Å². The summed E-state index contributed by atoms with van der Waals surface area (Å²) < 4.78 is 0. The average Bonchev–Trinajstić information content (AvgIpc) is 2.85. The van der Waals surface area contributed by atoms with Crippen molar-refractivity contribution < 1.29 is 9.90 Å². The Bertz CT molecular complexity index is 544. The number of hydrogen-bond acceptors (Lipinski definition) is 3. The molecule has 4 aliphatic carbocycles. The van der Waals surface area contributed by atoms with Gasteiger partial charge in [0, 0.05) is 20.1 Å². The van der Waals surface area contributed by atoms with Crippen LogP contribution in [-0.2, 0) is 4.79 Å². The van der Waals surface area contributed by atoms with E-state index in [1.807, 2.05) is 11.9 Å². The Morgan fingerprint density at radius 2 is 1.81 bits per heavy atom. The van der Waals surface area contributed by atoms with Crippen LogP contribution in [0, 0.1) is 16.7 Å². The van der Waals surface area contributed by atoms with E-state index >= 15 is 0 Å². The molecule has 4 nitrogen and oxygen atoms in total. The molecule has 1 aliphatic heterocycles. The summed E-state index contributed by atoms with van der Waals surface area (Å²) in [5, 5.41) is 11.2. The highest BCUT2D eigenvalue weighted by Crippen LogP contribution is 2.67. The molecule has 148 valence electrons. The molecule has 1 heterocycles. The Morgan fingerprint density at radius 3 is 2.46 bits per heavy atom. The van der Waals surface area contributed by atoms with Crippen molar-refractivity contribution in [3.63, 3.8) is 0 Å². The summed E-state index contributed by atoms with van der Waals surface area (Å²) in [5.74, 6) is 0.881. The smallest absolute Gasteiger partial charge is 0.228 e. The van der Waals surface area contributed by atoms with Gasteiger partial charge in [0.15, 0.2) is 0 Å². The summed E-state index contributed by atoms with van der Waals surface area (Å²) in [6, 6.07) is 0. The van der Waals surface area contributed by atoms with E-state index in [0.717, 1.165) is 45.2 Å². The minimum Gasteiger partial charge on any atom is -0.390 e. The van der Waals surface area contributed by atoms with Crippen LogP contribution >= 0.6 is 0 Å². The van der Waals surface area contributed by atoms with Gasteiger partial charge in [-0.25, -0.2) is 0 Å². The zero-order valence-corrected chi connectivity index (χ0v) is 16.9. The van der Waals surface area contributed by atoms with Crippen molar-refractivity contribution in [2.75, 3.05) is 33.2 Å². The van der Waals surface area contributed by atoms with Crippen LogP contribution in [0.2, 0.25) is 0 Å². The number of rotatable bonds is 5. The van der Waals surface area contributed by atoms with Crippen LogP contribution in [0.15, 0.2) is 0 Å². The Hall–Kier alpha value is -0.610. The summed E-state index contributed by atoms with van der Waals surface area (Å²) in [6.07, 6.45) is 12.3. The molecule has 0 radical (unpaired) electrons. The predicted molar refractivity (Wildman–Crippen MR) is 104 cm³/mol. The van der Waals surface area contributed by atoms with Gasteiger partial charge in [-0.05, 0) is 75.8 Å². The van der Waals surface area contributed by atoms with Gasteiger partial charge in [0.25, 0.3) is 0 Å². The molecule has 0 aromatic heterocycles. The van der Waals surface area contributed by atoms with E-state index < -0.39 is 5.60 Å². The number of hydrogen-bond donors (Lipinski definition) is 1. The van der Waals surface area contributed by atoms with Gasteiger partial charge >= 0.3 is 0 Å². The van der Waals surface area contributed by atoms with Crippen LogP contribution in [0.4, 0.5) is 0 Å². The molecule has 0 aromatic carbocycles. The predicted octanol–water partition coefficient (Wildman–Crippen LogP) is 3.43. The quantitative estimate of drug-likeness (QED) is 0.815. The van der Waals surface area contributed by atoms with Crippen LogP contribution in [0.3, 0.4) is 0 Å². The van der Waals surface area contributed by atoms with Gasteiger partial charge in [0.1, 0.15) is 0 Å². The summed E-state index contributed by atoms with van der Waals surface area (Å²) in [4.78, 5) is 18.1. The first-order valence-corrected chi connectivity index (χ1v) is 11.1. The topological polar surface area (TPSA) is 43.8 Å². The second kappa shape index (κ2) is 6.77. The number of amides is 1. The second-order valence-electron chi connectivity index (χ2n) is 10.3. The Balaban J connectivity index is 1.43. The van der Waals surface area contributed by atoms with E-state index in [-0.39, 0.29) is 10.8 Å². The first-order valence-electron chi connectivity index (χ1n) is 11.1. The van der Waals surface area contributed by atoms with Crippen molar-refractivity contribution in [3.05, 3.63) is 0 Å². The average molecular weight is 363 g/mol. The number of carbonyl (C=O) groups is 1. The van der Waals surface area contributed by atoms with Gasteiger partial charge in [0.2, 0.25) is 5.91 Å². The van der Waals surface area contributed by atoms with Gasteiger partial charge in [0.05, 0.1) is 11.0 Å². The number of aliphatic hydroxyl groups is 1. The molecule has 5 aliphatic rings. The molecule has 0 aromatic rings. The van der Waals surface area contributed by atoms with E-state index in [2.05, 4.69) is 11.8 Å². The lowest BCUT2D eigenvalue weighted by molar-refractivity contribution is -0.209. The Morgan fingerprint density at radius 1 is 1.08 bits per heavy atom. The maximum atomic E-state index is 13.5. The van der Waals surface area contributed by atoms with Crippen LogP contribution in [0.5, 0.6) is 0 Å². The lowest BCUT2D eigenvalue weighted by atomic mass is 9.42. The summed E-state index contributed by atoms with van der Waals surface area (Å²) in [7, 11) is 2.00. The molecule has 4 bridgehead atoms. The Labute approximate surface area is 159 Å². The van der Waals surface area contributed by atoms with Crippen molar-refractivity contribution in [1.82, 2.24) is 9.80 Å². The highest BCUT2D eigenvalue weighted by molar-refractivity contribution is 5.83. The van der Waals surface area contributed by atoms with Crippen LogP contribution in [0.1, 0.15) is 77.6 Å². The van der Waals surface area contributed by atoms with E-state index in [4.69, 9.17) is 0 Å². The SMILES string of the molecule is CCC12CC3CC(O)(C1)CC(C(=O)N(C)CCN1CCCCCC1)(C3)C2. The fourth-order valence-electron chi connectivity index (χ4n) is 7.38. The standard InChI is InChI=1S/C22H38N2O2/c1-3-20-12-18-13-21(15-20,17-22(26,14-18)16-20)19(25)23(2)10-11-24-8-6-4-5-7-9-24/h18,26H,3-17H2,1-2H3. The second-order valence-corrected chi connectivity index (χ2v) is 10.3. The zero-order chi connectivity index (χ0) is 18.4. The molecule has 26 heavy (non-hydrogen) atoms. The third-order valence-electron chi connectivity index (χ3n) is 8.16. The highest BCUT2D eigenvalue weighted by Gasteiger charge is 2.65. The lowest BCUT2D eigenvalue weighted by Crippen LogP contribution is -2.64. The first kappa shape index (κ1) is 18.7. The maximum absolute atomic E-state index is 13.5. The van der Waals surface area contributed by atoms with E-state index in [0.29, 0.717) is 18.2 Å². The molecule has 4 unspecified atom stereocenters. The monoisotopic (exact) mass is 362 g/mol. The summed E-state index contributed by atoms with van der Waals surface area (Å²) >= 11 is 0. The summed E-state index contributed by atoms with van der Waals surface area (Å²) in [6.45, 7) is 6.48. The molecule has 4 saturated carbocycles. The van der Waals surface area contributed by atoms with Gasteiger partial charge in [-0.1, -0.05) is 26.2 Å². The van der Waals surface area contributed by atoms with Crippen LogP contribution in [0.25, 0.3) is 0 Å². The normalized spacial score (nSPS) is 42.7. The lowest BCUT2D eigenvalue weighted by Gasteiger charge is -2.64. The number of nitrogens with zero attached hydrogens (tertiary/aromatic N) is 2. The molecule has 5 rings (SSSR count). The largest absolute Gasteiger partial charge is 0.390 e. The first-order chi connectivity index (χ1) is 12.4. The van der Waals surface area contributed by atoms with Crippen molar-refractivity contribution in [2.45, 2.75) is 83.2 Å². The molecular weight excluding hydrogens is 324 g/mol. The molecule has 1 N–H and O–H groups in total. The van der Waals surface area contributed by atoms with E-state index in [1.165, 1.54) is 45.2 Å². The van der Waals surface area contributed by atoms with Crippen LogP contribution < -0.4 is 0 Å². The molecule has 0 spiro atoms. The Kier molecular flexibility index (Phi) is 4.88. The fourth-order valence-corrected chi connectivity index (χ4v) is 7.38. The van der Waals surface area contributed by atoms with Crippen LogP contribution in [-0.4, -0.2) is 59.6 Å². The van der Waals surface area contributed by atoms with Crippen molar-refractivity contribution in [3.8, 4) is 0 Å². The third-order valence-corrected chi connectivity index (χ3v) is 8.16. The number of carbonyl (C=O) groups excluding carboxylic acids is 1. The molecular formula is C22H38N2O2. The maximum Gasteiger partial charge on any atom is 0.228 e. The zero-order valence-electron chi connectivity index (χ0n) is 16.9. The molecule has 1 saturated heterocycles. The number of likely N-dealkylation sites (tertiary alicyclic amines) is 1. The highest BCUT2D eigenvalue weighted by atomic mass is 16.3. The van der Waals surface area contributed by atoms with Gasteiger partial charge < -0.3 is 14.9 Å². The van der Waals surface area contributed by atoms with E-state index in [9.17, 15) is 9.90 Å². The van der Waals surface area contributed by atoms with Crippen molar-refractivity contribution in [2.24, 2.45) is 16.7 Å². The van der Waals surface area contributed by atoms with E-state index in [1.54, 1.807) is 0 Å². The minimum absolute atomic E-state index is 0.218. The van der Waals surface area contributed by atoms with Crippen molar-refractivity contribution in [1.29, 1.82) is 0 Å². The molecule has 1 amide bonds.